The average Bonchev–Trinajstić information content (AvgIpc) is 2.93. The minimum absolute atomic E-state index is 0.243. The molecule has 0 aromatic heterocycles. The molecule has 0 saturated heterocycles. The molecule has 0 unspecified atom stereocenters. The van der Waals surface area contributed by atoms with Crippen molar-refractivity contribution in [1.82, 2.24) is 10.6 Å². The zero-order valence-corrected chi connectivity index (χ0v) is 13.9. The number of amides is 2. The van der Waals surface area contributed by atoms with E-state index in [1.165, 1.54) is 6.07 Å². The summed E-state index contributed by atoms with van der Waals surface area (Å²) in [6.45, 7) is 1.73. The van der Waals surface area contributed by atoms with Crippen molar-refractivity contribution < 1.29 is 27.2 Å². The Kier molecular flexibility index (Phi) is 4.46. The second-order valence-corrected chi connectivity index (χ2v) is 5.95. The van der Waals surface area contributed by atoms with E-state index >= 15 is 0 Å². The summed E-state index contributed by atoms with van der Waals surface area (Å²) in [6, 6.07) is 10.2. The molecule has 1 aliphatic rings. The number of carbonyl (C=O) groups excluding carboxylic acids is 2. The van der Waals surface area contributed by atoms with Gasteiger partial charge in [-0.05, 0) is 37.3 Å². The number of aryl methyl sites for hydroxylation is 1. The number of carbonyl (C=O) groups is 2. The first-order chi connectivity index (χ1) is 12.6. The lowest BCUT2D eigenvalue weighted by Crippen LogP contribution is -2.63. The summed E-state index contributed by atoms with van der Waals surface area (Å²) in [4.78, 5) is 27.9. The van der Waals surface area contributed by atoms with Crippen molar-refractivity contribution in [3.8, 4) is 0 Å². The van der Waals surface area contributed by atoms with Gasteiger partial charge in [0.1, 0.15) is 11.7 Å². The van der Waals surface area contributed by atoms with Crippen LogP contribution in [-0.4, -0.2) is 29.5 Å². The number of nitrogens with one attached hydrogen (secondary N) is 2. The molecule has 2 aromatic rings. The smallest absolute Gasteiger partial charge is 0.312 e. The molecule has 0 bridgehead atoms. The van der Waals surface area contributed by atoms with E-state index in [2.05, 4.69) is 10.3 Å². The lowest BCUT2D eigenvalue weighted by molar-refractivity contribution is -0.192. The maximum atomic E-state index is 13.7. The summed E-state index contributed by atoms with van der Waals surface area (Å²) in [5, 5.41) is 3.72. The van der Waals surface area contributed by atoms with Crippen LogP contribution in [0.2, 0.25) is 0 Å². The van der Waals surface area contributed by atoms with Crippen LogP contribution in [0.4, 0.5) is 17.6 Å². The van der Waals surface area contributed by atoms with Gasteiger partial charge < -0.3 is 10.6 Å². The third-order valence-electron chi connectivity index (χ3n) is 3.94. The summed E-state index contributed by atoms with van der Waals surface area (Å²) >= 11 is 0. The molecule has 5 nitrogen and oxygen atoms in total. The number of rotatable bonds is 3. The van der Waals surface area contributed by atoms with Crippen molar-refractivity contribution in [2.75, 3.05) is 0 Å². The van der Waals surface area contributed by atoms with E-state index in [9.17, 15) is 27.2 Å². The monoisotopic (exact) mass is 379 g/mol. The topological polar surface area (TPSA) is 70.6 Å². The number of nitrogens with zero attached hydrogens (tertiary/aromatic N) is 1. The van der Waals surface area contributed by atoms with E-state index in [-0.39, 0.29) is 17.0 Å². The molecular formula is C18H13F4N3O2. The summed E-state index contributed by atoms with van der Waals surface area (Å²) in [5.74, 6) is -3.70. The zero-order chi connectivity index (χ0) is 19.8. The number of alkyl halides is 3. The highest BCUT2D eigenvalue weighted by Gasteiger charge is 2.65. The first-order valence-electron chi connectivity index (χ1n) is 7.75. The maximum absolute atomic E-state index is 13.7. The number of aliphatic imine (C=N–C) groups is 1. The standard InChI is InChI=1S/C18H13F4N3O2/c1-10-3-2-4-12(9-10)14-23-16(27)17(24-14,18(20,21)22)25-15(26)11-5-7-13(19)8-6-11/h2-9H,1H3,(H,25,26)(H,23,24,27)/t17-/m1/s1. The Balaban J connectivity index is 2.01. The molecule has 2 amide bonds. The first-order valence-corrected chi connectivity index (χ1v) is 7.75. The number of hydrogen-bond acceptors (Lipinski definition) is 3. The molecule has 1 aliphatic heterocycles. The molecule has 2 N–H and O–H groups in total. The molecule has 3 rings (SSSR count). The molecule has 1 atom stereocenters. The quantitative estimate of drug-likeness (QED) is 0.805. The molecule has 27 heavy (non-hydrogen) atoms. The molecule has 0 radical (unpaired) electrons. The highest BCUT2D eigenvalue weighted by molar-refractivity contribution is 6.16. The number of hydrogen-bond donors (Lipinski definition) is 2. The third kappa shape index (κ3) is 3.40. The predicted molar refractivity (Wildman–Crippen MR) is 88.5 cm³/mol. The van der Waals surface area contributed by atoms with Crippen molar-refractivity contribution in [2.45, 2.75) is 18.8 Å². The highest BCUT2D eigenvalue weighted by atomic mass is 19.4. The summed E-state index contributed by atoms with van der Waals surface area (Å²) in [5.41, 5.74) is -2.70. The number of benzene rings is 2. The summed E-state index contributed by atoms with van der Waals surface area (Å²) < 4.78 is 54.2. The zero-order valence-electron chi connectivity index (χ0n) is 13.9. The van der Waals surface area contributed by atoms with E-state index in [0.29, 0.717) is 0 Å². The van der Waals surface area contributed by atoms with Crippen LogP contribution in [-0.2, 0) is 4.79 Å². The van der Waals surface area contributed by atoms with Crippen LogP contribution >= 0.6 is 0 Å². The van der Waals surface area contributed by atoms with Crippen molar-refractivity contribution in [3.63, 3.8) is 0 Å². The Hall–Kier alpha value is -3.23. The van der Waals surface area contributed by atoms with Crippen molar-refractivity contribution >= 4 is 17.6 Å². The largest absolute Gasteiger partial charge is 0.442 e. The van der Waals surface area contributed by atoms with Gasteiger partial charge in [0.15, 0.2) is 0 Å². The van der Waals surface area contributed by atoms with E-state index in [1.807, 2.05) is 0 Å². The Bertz CT molecular complexity index is 938. The van der Waals surface area contributed by atoms with E-state index in [4.69, 9.17) is 0 Å². The van der Waals surface area contributed by atoms with Gasteiger partial charge in [-0.2, -0.15) is 13.2 Å². The van der Waals surface area contributed by atoms with Crippen LogP contribution in [0.5, 0.6) is 0 Å². The Morgan fingerprint density at radius 3 is 2.41 bits per heavy atom. The van der Waals surface area contributed by atoms with Crippen LogP contribution < -0.4 is 10.6 Å². The summed E-state index contributed by atoms with van der Waals surface area (Å²) in [6.07, 6.45) is -5.20. The van der Waals surface area contributed by atoms with Gasteiger partial charge in [0, 0.05) is 11.1 Å². The molecule has 1 heterocycles. The van der Waals surface area contributed by atoms with Gasteiger partial charge in [-0.15, -0.1) is 0 Å². The molecular weight excluding hydrogens is 366 g/mol. The average molecular weight is 379 g/mol. The van der Waals surface area contributed by atoms with Gasteiger partial charge in [0.25, 0.3) is 11.8 Å². The van der Waals surface area contributed by atoms with E-state index in [0.717, 1.165) is 29.8 Å². The second-order valence-electron chi connectivity index (χ2n) is 5.95. The molecule has 9 heteroatoms. The van der Waals surface area contributed by atoms with Crippen LogP contribution in [0.1, 0.15) is 21.5 Å². The summed E-state index contributed by atoms with van der Waals surface area (Å²) in [7, 11) is 0. The van der Waals surface area contributed by atoms with E-state index in [1.54, 1.807) is 30.4 Å². The first kappa shape index (κ1) is 18.6. The van der Waals surface area contributed by atoms with Crippen LogP contribution in [0.25, 0.3) is 0 Å². The normalized spacial score (nSPS) is 19.4. The lowest BCUT2D eigenvalue weighted by Gasteiger charge is -2.27. The Labute approximate surface area is 151 Å². The lowest BCUT2D eigenvalue weighted by atomic mass is 10.1. The van der Waals surface area contributed by atoms with Crippen LogP contribution in [0, 0.1) is 12.7 Å². The molecule has 0 fully saturated rings. The molecule has 0 spiro atoms. The predicted octanol–water partition coefficient (Wildman–Crippen LogP) is 2.70. The fourth-order valence-corrected chi connectivity index (χ4v) is 2.56. The van der Waals surface area contributed by atoms with Gasteiger partial charge in [-0.25, -0.2) is 9.38 Å². The molecule has 2 aromatic carbocycles. The molecule has 0 saturated carbocycles. The maximum Gasteiger partial charge on any atom is 0.442 e. The van der Waals surface area contributed by atoms with Gasteiger partial charge in [0.2, 0.25) is 0 Å². The van der Waals surface area contributed by atoms with Crippen LogP contribution in [0.15, 0.2) is 53.5 Å². The molecule has 0 aliphatic carbocycles. The molecule has 140 valence electrons. The fraction of sp³-hybridized carbons (Fsp3) is 0.167. The van der Waals surface area contributed by atoms with Gasteiger partial charge in [-0.1, -0.05) is 23.8 Å². The van der Waals surface area contributed by atoms with Crippen molar-refractivity contribution in [2.24, 2.45) is 4.99 Å². The minimum atomic E-state index is -5.20. The van der Waals surface area contributed by atoms with Gasteiger partial charge in [0.05, 0.1) is 0 Å². The number of amidine groups is 1. The SMILES string of the molecule is Cc1cccc(C2=N[C@](NC(=O)c3ccc(F)cc3)(C(F)(F)F)C(=O)N2)c1. The van der Waals surface area contributed by atoms with E-state index < -0.39 is 29.5 Å². The van der Waals surface area contributed by atoms with Crippen molar-refractivity contribution in [3.05, 3.63) is 71.0 Å². The number of halogens is 4. The van der Waals surface area contributed by atoms with Crippen LogP contribution in [0.3, 0.4) is 0 Å². The van der Waals surface area contributed by atoms with Gasteiger partial charge >= 0.3 is 11.8 Å². The van der Waals surface area contributed by atoms with Gasteiger partial charge in [-0.3, -0.25) is 9.59 Å². The third-order valence-corrected chi connectivity index (χ3v) is 3.94. The highest BCUT2D eigenvalue weighted by Crippen LogP contribution is 2.35. The second kappa shape index (κ2) is 6.49. The van der Waals surface area contributed by atoms with Crippen molar-refractivity contribution in [1.29, 1.82) is 0 Å². The minimum Gasteiger partial charge on any atom is -0.312 e. The fourth-order valence-electron chi connectivity index (χ4n) is 2.56. The Morgan fingerprint density at radius 2 is 1.81 bits per heavy atom. The Morgan fingerprint density at radius 1 is 1.15 bits per heavy atom.